The van der Waals surface area contributed by atoms with Gasteiger partial charge in [0.15, 0.2) is 6.10 Å². The van der Waals surface area contributed by atoms with Crippen molar-refractivity contribution in [1.82, 2.24) is 5.32 Å². The molecule has 128 valence electrons. The Morgan fingerprint density at radius 3 is 2.48 bits per heavy atom. The molecule has 3 aromatic rings. The summed E-state index contributed by atoms with van der Waals surface area (Å²) >= 11 is 0. The molecule has 3 nitrogen and oxygen atoms in total. The first kappa shape index (κ1) is 17.0. The number of benzene rings is 3. The van der Waals surface area contributed by atoms with Crippen LogP contribution in [0.5, 0.6) is 5.75 Å². The van der Waals surface area contributed by atoms with Crippen LogP contribution in [0.25, 0.3) is 10.8 Å². The largest absolute Gasteiger partial charge is 0.481 e. The summed E-state index contributed by atoms with van der Waals surface area (Å²) in [5.41, 5.74) is 0.843. The SMILES string of the molecule is CC[C@H](Oc1ccc2ccccc2c1)C(=O)NCc1ccc(F)cc1. The van der Waals surface area contributed by atoms with Crippen LogP contribution >= 0.6 is 0 Å². The van der Waals surface area contributed by atoms with Gasteiger partial charge in [-0.15, -0.1) is 0 Å². The number of rotatable bonds is 6. The van der Waals surface area contributed by atoms with Crippen LogP contribution in [0.1, 0.15) is 18.9 Å². The predicted octanol–water partition coefficient (Wildman–Crippen LogP) is 4.45. The first-order chi connectivity index (χ1) is 12.2. The number of halogens is 1. The molecule has 0 saturated carbocycles. The lowest BCUT2D eigenvalue weighted by Crippen LogP contribution is -2.37. The smallest absolute Gasteiger partial charge is 0.261 e. The Morgan fingerprint density at radius 2 is 1.76 bits per heavy atom. The maximum atomic E-state index is 12.9. The quantitative estimate of drug-likeness (QED) is 0.721. The molecule has 0 radical (unpaired) electrons. The van der Waals surface area contributed by atoms with E-state index in [1.165, 1.54) is 12.1 Å². The summed E-state index contributed by atoms with van der Waals surface area (Å²) in [6.45, 7) is 2.25. The van der Waals surface area contributed by atoms with Crippen molar-refractivity contribution in [2.45, 2.75) is 26.0 Å². The zero-order valence-corrected chi connectivity index (χ0v) is 14.0. The topological polar surface area (TPSA) is 38.3 Å². The van der Waals surface area contributed by atoms with Gasteiger partial charge in [-0.2, -0.15) is 0 Å². The third-order valence-electron chi connectivity index (χ3n) is 4.04. The van der Waals surface area contributed by atoms with Crippen LogP contribution in [0.15, 0.2) is 66.7 Å². The summed E-state index contributed by atoms with van der Waals surface area (Å²) in [7, 11) is 0. The minimum atomic E-state index is -0.568. The van der Waals surface area contributed by atoms with Crippen molar-refractivity contribution in [3.05, 3.63) is 78.1 Å². The van der Waals surface area contributed by atoms with Gasteiger partial charge in [0.2, 0.25) is 0 Å². The summed E-state index contributed by atoms with van der Waals surface area (Å²) in [6, 6.07) is 19.9. The van der Waals surface area contributed by atoms with Crippen LogP contribution in [0.3, 0.4) is 0 Å². The van der Waals surface area contributed by atoms with E-state index < -0.39 is 6.10 Å². The van der Waals surface area contributed by atoms with E-state index in [0.29, 0.717) is 18.7 Å². The number of fused-ring (bicyclic) bond motifs is 1. The van der Waals surface area contributed by atoms with Gasteiger partial charge >= 0.3 is 0 Å². The molecule has 4 heteroatoms. The molecular formula is C21H20FNO2. The van der Waals surface area contributed by atoms with Crippen molar-refractivity contribution >= 4 is 16.7 Å². The van der Waals surface area contributed by atoms with Gasteiger partial charge in [-0.25, -0.2) is 4.39 Å². The molecule has 25 heavy (non-hydrogen) atoms. The molecule has 0 fully saturated rings. The van der Waals surface area contributed by atoms with Crippen LogP contribution < -0.4 is 10.1 Å². The number of hydrogen-bond donors (Lipinski definition) is 1. The lowest BCUT2D eigenvalue weighted by molar-refractivity contribution is -0.128. The maximum Gasteiger partial charge on any atom is 0.261 e. The van der Waals surface area contributed by atoms with Crippen LogP contribution in [0.2, 0.25) is 0 Å². The Hall–Kier alpha value is -2.88. The molecule has 0 unspecified atom stereocenters. The van der Waals surface area contributed by atoms with E-state index in [9.17, 15) is 9.18 Å². The highest BCUT2D eigenvalue weighted by Gasteiger charge is 2.18. The number of carbonyl (C=O) groups excluding carboxylic acids is 1. The van der Waals surface area contributed by atoms with E-state index in [-0.39, 0.29) is 11.7 Å². The van der Waals surface area contributed by atoms with Crippen LogP contribution in [-0.2, 0) is 11.3 Å². The number of ether oxygens (including phenoxy) is 1. The molecule has 0 aliphatic carbocycles. The molecule has 0 saturated heterocycles. The van der Waals surface area contributed by atoms with Crippen molar-refractivity contribution in [3.63, 3.8) is 0 Å². The monoisotopic (exact) mass is 337 g/mol. The first-order valence-corrected chi connectivity index (χ1v) is 8.33. The van der Waals surface area contributed by atoms with Crippen molar-refractivity contribution in [1.29, 1.82) is 0 Å². The summed E-state index contributed by atoms with van der Waals surface area (Å²) in [5, 5.41) is 5.04. The molecule has 0 bridgehead atoms. The molecule has 1 atom stereocenters. The predicted molar refractivity (Wildman–Crippen MR) is 96.9 cm³/mol. The van der Waals surface area contributed by atoms with Gasteiger partial charge in [0, 0.05) is 6.54 Å². The van der Waals surface area contributed by atoms with Crippen molar-refractivity contribution in [3.8, 4) is 5.75 Å². The van der Waals surface area contributed by atoms with E-state index >= 15 is 0 Å². The Morgan fingerprint density at radius 1 is 1.04 bits per heavy atom. The minimum absolute atomic E-state index is 0.181. The second-order valence-corrected chi connectivity index (χ2v) is 5.87. The molecular weight excluding hydrogens is 317 g/mol. The summed E-state index contributed by atoms with van der Waals surface area (Å²) in [5.74, 6) is 0.198. The Labute approximate surface area is 146 Å². The van der Waals surface area contributed by atoms with Crippen LogP contribution in [-0.4, -0.2) is 12.0 Å². The van der Waals surface area contributed by atoms with E-state index in [0.717, 1.165) is 16.3 Å². The van der Waals surface area contributed by atoms with Gasteiger partial charge in [-0.05, 0) is 47.0 Å². The maximum absolute atomic E-state index is 12.9. The van der Waals surface area contributed by atoms with E-state index in [2.05, 4.69) is 5.32 Å². The molecule has 1 N–H and O–H groups in total. The summed E-state index contributed by atoms with van der Waals surface area (Å²) in [4.78, 5) is 12.4. The second kappa shape index (κ2) is 7.79. The number of carbonyl (C=O) groups is 1. The Kier molecular flexibility index (Phi) is 5.29. The van der Waals surface area contributed by atoms with Gasteiger partial charge in [-0.1, -0.05) is 49.4 Å². The Balaban J connectivity index is 1.64. The minimum Gasteiger partial charge on any atom is -0.481 e. The van der Waals surface area contributed by atoms with Crippen molar-refractivity contribution in [2.24, 2.45) is 0 Å². The average Bonchev–Trinajstić information content (AvgIpc) is 2.65. The third-order valence-corrected chi connectivity index (χ3v) is 4.04. The van der Waals surface area contributed by atoms with Crippen LogP contribution in [0, 0.1) is 5.82 Å². The molecule has 0 spiro atoms. The van der Waals surface area contributed by atoms with E-state index in [1.54, 1.807) is 12.1 Å². The molecule has 1 amide bonds. The van der Waals surface area contributed by atoms with Crippen molar-refractivity contribution in [2.75, 3.05) is 0 Å². The lowest BCUT2D eigenvalue weighted by atomic mass is 10.1. The summed E-state index contributed by atoms with van der Waals surface area (Å²) < 4.78 is 18.8. The zero-order valence-electron chi connectivity index (χ0n) is 14.0. The zero-order chi connectivity index (χ0) is 17.6. The normalized spacial score (nSPS) is 11.9. The Bertz CT molecular complexity index is 861. The van der Waals surface area contributed by atoms with Gasteiger partial charge in [0.1, 0.15) is 11.6 Å². The highest BCUT2D eigenvalue weighted by Crippen LogP contribution is 2.22. The molecule has 0 aliphatic heterocycles. The summed E-state index contributed by atoms with van der Waals surface area (Å²) in [6.07, 6.45) is -0.0103. The fourth-order valence-corrected chi connectivity index (χ4v) is 2.63. The fraction of sp³-hybridized carbons (Fsp3) is 0.190. The molecule has 0 aliphatic rings. The molecule has 0 aromatic heterocycles. The van der Waals surface area contributed by atoms with Gasteiger partial charge in [0.05, 0.1) is 0 Å². The second-order valence-electron chi connectivity index (χ2n) is 5.87. The van der Waals surface area contributed by atoms with Gasteiger partial charge in [-0.3, -0.25) is 4.79 Å². The third kappa shape index (κ3) is 4.35. The van der Waals surface area contributed by atoms with Crippen molar-refractivity contribution < 1.29 is 13.9 Å². The molecule has 3 rings (SSSR count). The van der Waals surface area contributed by atoms with Gasteiger partial charge in [0.25, 0.3) is 5.91 Å². The molecule has 0 heterocycles. The van der Waals surface area contributed by atoms with Crippen LogP contribution in [0.4, 0.5) is 4.39 Å². The van der Waals surface area contributed by atoms with E-state index in [4.69, 9.17) is 4.74 Å². The number of hydrogen-bond acceptors (Lipinski definition) is 2. The molecule has 3 aromatic carbocycles. The standard InChI is InChI=1S/C21H20FNO2/c1-2-20(21(24)23-14-15-7-10-18(22)11-8-15)25-19-12-9-16-5-3-4-6-17(16)13-19/h3-13,20H,2,14H2,1H3,(H,23,24)/t20-/m0/s1. The number of nitrogens with one attached hydrogen (secondary N) is 1. The fourth-order valence-electron chi connectivity index (χ4n) is 2.63. The average molecular weight is 337 g/mol. The number of amides is 1. The highest BCUT2D eigenvalue weighted by atomic mass is 19.1. The first-order valence-electron chi connectivity index (χ1n) is 8.33. The lowest BCUT2D eigenvalue weighted by Gasteiger charge is -2.17. The van der Waals surface area contributed by atoms with E-state index in [1.807, 2.05) is 49.4 Å². The highest BCUT2D eigenvalue weighted by molar-refractivity contribution is 5.84. The van der Waals surface area contributed by atoms with Gasteiger partial charge < -0.3 is 10.1 Å².